The van der Waals surface area contributed by atoms with Crippen molar-refractivity contribution in [1.82, 2.24) is 19.9 Å². The fourth-order valence-corrected chi connectivity index (χ4v) is 5.85. The van der Waals surface area contributed by atoms with Crippen LogP contribution in [0.1, 0.15) is 48.3 Å². The molecule has 7 nitrogen and oxygen atoms in total. The molecule has 6 rings (SSSR count). The Hall–Kier alpha value is -3.62. The maximum Gasteiger partial charge on any atom is 0.255 e. The molecule has 0 saturated carbocycles. The number of ether oxygens (including phenoxy) is 1. The molecule has 0 unspecified atom stereocenters. The molecule has 8 heteroatoms. The molecule has 3 N–H and O–H groups in total. The van der Waals surface area contributed by atoms with Gasteiger partial charge >= 0.3 is 0 Å². The molecule has 0 amide bonds. The molecule has 4 aromatic rings. The number of fused-ring (bicyclic) bond motifs is 1. The number of rotatable bonds is 5. The van der Waals surface area contributed by atoms with Crippen LogP contribution in [0.5, 0.6) is 0 Å². The maximum atomic E-state index is 15.3. The van der Waals surface area contributed by atoms with E-state index in [-0.39, 0.29) is 17.1 Å². The molecule has 0 aliphatic carbocycles. The summed E-state index contributed by atoms with van der Waals surface area (Å²) in [4.78, 5) is 26.2. The molecule has 2 fully saturated rings. The molecule has 2 aliphatic rings. The van der Waals surface area contributed by atoms with Crippen LogP contribution in [0, 0.1) is 12.9 Å². The predicted molar refractivity (Wildman–Crippen MR) is 147 cm³/mol. The quantitative estimate of drug-likeness (QED) is 0.382. The zero-order valence-corrected chi connectivity index (χ0v) is 21.6. The van der Waals surface area contributed by atoms with Crippen LogP contribution in [-0.4, -0.2) is 46.2 Å². The summed E-state index contributed by atoms with van der Waals surface area (Å²) >= 11 is 0. The smallest absolute Gasteiger partial charge is 0.255 e. The minimum absolute atomic E-state index is 0.0178. The second-order valence-electron chi connectivity index (χ2n) is 10.4. The second kappa shape index (κ2) is 10.3. The number of pyridine rings is 1. The van der Waals surface area contributed by atoms with E-state index in [0.29, 0.717) is 28.1 Å². The summed E-state index contributed by atoms with van der Waals surface area (Å²) in [6, 6.07) is 11.6. The number of hydrogen-bond donors (Lipinski definition) is 2. The first-order valence-corrected chi connectivity index (χ1v) is 13.4. The fraction of sp³-hybridized carbons (Fsp3) is 0.367. The number of nitrogens with zero attached hydrogens (tertiary/aromatic N) is 3. The number of aryl methyl sites for hydroxylation is 1. The van der Waals surface area contributed by atoms with Crippen LogP contribution in [0.25, 0.3) is 33.3 Å². The number of halogens is 1. The number of anilines is 1. The minimum atomic E-state index is -0.689. The molecule has 196 valence electrons. The Morgan fingerprint density at radius 1 is 1.03 bits per heavy atom. The van der Waals surface area contributed by atoms with Crippen molar-refractivity contribution in [3.8, 4) is 22.5 Å². The van der Waals surface area contributed by atoms with Crippen molar-refractivity contribution < 1.29 is 9.13 Å². The number of nitrogen functional groups attached to an aromatic ring is 1. The van der Waals surface area contributed by atoms with Crippen molar-refractivity contribution in [2.45, 2.75) is 45.1 Å². The van der Waals surface area contributed by atoms with E-state index in [2.05, 4.69) is 27.0 Å². The Bertz CT molecular complexity index is 1550. The maximum absolute atomic E-state index is 15.3. The van der Waals surface area contributed by atoms with Gasteiger partial charge in [0.15, 0.2) is 5.82 Å². The Labute approximate surface area is 220 Å². The van der Waals surface area contributed by atoms with E-state index in [1.165, 1.54) is 24.0 Å². The molecular formula is C30H32FN5O2. The Morgan fingerprint density at radius 2 is 1.76 bits per heavy atom. The number of nitrogens with two attached hydrogens (primary N) is 1. The third kappa shape index (κ3) is 4.70. The van der Waals surface area contributed by atoms with Crippen molar-refractivity contribution in [3.05, 3.63) is 75.6 Å². The topological polar surface area (TPSA) is 97.1 Å². The monoisotopic (exact) mass is 513 g/mol. The van der Waals surface area contributed by atoms with Gasteiger partial charge in [-0.25, -0.2) is 4.98 Å². The SMILES string of the molecule is Cc1c[nH]c(=O)c2ccc(-c3nc(-c4ccc(C5CCOCC5)c(CN5CCCC5)c4)c(F)nc3N)cc12. The third-order valence-corrected chi connectivity index (χ3v) is 7.93. The van der Waals surface area contributed by atoms with Gasteiger partial charge in [-0.3, -0.25) is 9.69 Å². The van der Waals surface area contributed by atoms with Crippen molar-refractivity contribution in [1.29, 1.82) is 0 Å². The molecule has 0 radical (unpaired) electrons. The standard InChI is InChI=1S/C30H32FN5O2/c1-18-16-33-30(37)24-7-5-21(15-25(18)24)27-29(32)35-28(31)26(34-27)20-4-6-23(19-8-12-38-13-9-19)22(14-20)17-36-10-2-3-11-36/h4-7,14-16,19H,2-3,8-13,17H2,1H3,(H2,32,35)(H,33,37). The predicted octanol–water partition coefficient (Wildman–Crippen LogP) is 5.17. The van der Waals surface area contributed by atoms with Crippen molar-refractivity contribution in [3.63, 3.8) is 0 Å². The largest absolute Gasteiger partial charge is 0.382 e. The first-order chi connectivity index (χ1) is 18.5. The van der Waals surface area contributed by atoms with Crippen molar-refractivity contribution in [2.24, 2.45) is 0 Å². The van der Waals surface area contributed by atoms with Crippen LogP contribution in [0.4, 0.5) is 10.2 Å². The highest BCUT2D eigenvalue weighted by Crippen LogP contribution is 2.35. The van der Waals surface area contributed by atoms with Gasteiger partial charge in [0.05, 0.1) is 0 Å². The van der Waals surface area contributed by atoms with Gasteiger partial charge in [-0.2, -0.15) is 9.37 Å². The van der Waals surface area contributed by atoms with E-state index in [1.54, 1.807) is 18.3 Å². The summed E-state index contributed by atoms with van der Waals surface area (Å²) in [7, 11) is 0. The second-order valence-corrected chi connectivity index (χ2v) is 10.4. The highest BCUT2D eigenvalue weighted by Gasteiger charge is 2.23. The average Bonchev–Trinajstić information content (AvgIpc) is 3.44. The normalized spacial score (nSPS) is 16.9. The summed E-state index contributed by atoms with van der Waals surface area (Å²) in [5.41, 5.74) is 11.4. The molecule has 2 saturated heterocycles. The number of nitrogens with one attached hydrogen (secondary N) is 1. The lowest BCUT2D eigenvalue weighted by Gasteiger charge is -2.27. The average molecular weight is 514 g/mol. The molecule has 2 aromatic heterocycles. The minimum Gasteiger partial charge on any atom is -0.382 e. The molecule has 4 heterocycles. The van der Waals surface area contributed by atoms with Gasteiger partial charge in [0.2, 0.25) is 5.95 Å². The van der Waals surface area contributed by atoms with E-state index in [1.807, 2.05) is 19.1 Å². The molecule has 38 heavy (non-hydrogen) atoms. The van der Waals surface area contributed by atoms with Crippen LogP contribution in [0.3, 0.4) is 0 Å². The van der Waals surface area contributed by atoms with Gasteiger partial charge in [-0.05, 0) is 91.9 Å². The van der Waals surface area contributed by atoms with Crippen LogP contribution in [0.15, 0.2) is 47.4 Å². The van der Waals surface area contributed by atoms with Crippen molar-refractivity contribution in [2.75, 3.05) is 32.0 Å². The van der Waals surface area contributed by atoms with E-state index in [9.17, 15) is 4.79 Å². The van der Waals surface area contributed by atoms with E-state index < -0.39 is 5.95 Å². The highest BCUT2D eigenvalue weighted by atomic mass is 19.1. The van der Waals surface area contributed by atoms with Gasteiger partial charge in [-0.15, -0.1) is 0 Å². The Kier molecular flexibility index (Phi) is 6.68. The number of benzene rings is 2. The van der Waals surface area contributed by atoms with Gasteiger partial charge < -0.3 is 15.5 Å². The summed E-state index contributed by atoms with van der Waals surface area (Å²) < 4.78 is 20.9. The van der Waals surface area contributed by atoms with E-state index in [0.717, 1.165) is 56.6 Å². The third-order valence-electron chi connectivity index (χ3n) is 7.93. The fourth-order valence-electron chi connectivity index (χ4n) is 5.85. The van der Waals surface area contributed by atoms with Crippen LogP contribution >= 0.6 is 0 Å². The van der Waals surface area contributed by atoms with E-state index >= 15 is 4.39 Å². The first-order valence-electron chi connectivity index (χ1n) is 13.4. The summed E-state index contributed by atoms with van der Waals surface area (Å²) in [5, 5.41) is 1.38. The number of likely N-dealkylation sites (tertiary alicyclic amines) is 1. The van der Waals surface area contributed by atoms with Crippen molar-refractivity contribution >= 4 is 16.6 Å². The first kappa shape index (κ1) is 24.7. The van der Waals surface area contributed by atoms with Gasteiger partial charge in [0.25, 0.3) is 5.56 Å². The Morgan fingerprint density at radius 3 is 2.55 bits per heavy atom. The molecule has 2 aliphatic heterocycles. The van der Waals surface area contributed by atoms with Gasteiger partial charge in [-0.1, -0.05) is 18.2 Å². The number of aromatic amines is 1. The molecule has 0 spiro atoms. The van der Waals surface area contributed by atoms with E-state index in [4.69, 9.17) is 15.5 Å². The number of H-pyrrole nitrogens is 1. The van der Waals surface area contributed by atoms with Crippen LogP contribution < -0.4 is 11.3 Å². The van der Waals surface area contributed by atoms with Crippen LogP contribution in [-0.2, 0) is 11.3 Å². The Balaban J connectivity index is 1.43. The zero-order chi connectivity index (χ0) is 26.2. The molecule has 0 atom stereocenters. The van der Waals surface area contributed by atoms with Crippen LogP contribution in [0.2, 0.25) is 0 Å². The molecule has 0 bridgehead atoms. The highest BCUT2D eigenvalue weighted by molar-refractivity contribution is 5.90. The number of aromatic nitrogens is 3. The lowest BCUT2D eigenvalue weighted by Crippen LogP contribution is -2.21. The number of hydrogen-bond acceptors (Lipinski definition) is 6. The summed E-state index contributed by atoms with van der Waals surface area (Å²) in [6.07, 6.45) is 6.10. The summed E-state index contributed by atoms with van der Waals surface area (Å²) in [5.74, 6) is -0.230. The molecule has 2 aromatic carbocycles. The molecular weight excluding hydrogens is 481 g/mol. The van der Waals surface area contributed by atoms with Gasteiger partial charge in [0, 0.05) is 42.5 Å². The zero-order valence-electron chi connectivity index (χ0n) is 21.6. The summed E-state index contributed by atoms with van der Waals surface area (Å²) in [6.45, 7) is 6.48. The van der Waals surface area contributed by atoms with Gasteiger partial charge in [0.1, 0.15) is 11.4 Å². The lowest BCUT2D eigenvalue weighted by atomic mass is 9.87. The lowest BCUT2D eigenvalue weighted by molar-refractivity contribution is 0.0850.